The molecule has 0 radical (unpaired) electrons. The standard InChI is InChI=1S/C16H24N2O2/c1-4-8-17-10-15-5-6-16(20-15)12-18(3)11-14-7-9-19-13(14)2/h5-7,9,17H,4,8,10-12H2,1-3H3. The molecule has 0 aliphatic heterocycles. The second-order valence-electron chi connectivity index (χ2n) is 5.22. The first-order valence-electron chi connectivity index (χ1n) is 7.19. The molecule has 2 aromatic rings. The molecule has 0 aliphatic carbocycles. The molecule has 0 amide bonds. The third-order valence-electron chi connectivity index (χ3n) is 3.28. The number of hydrogen-bond acceptors (Lipinski definition) is 4. The summed E-state index contributed by atoms with van der Waals surface area (Å²) in [6.45, 7) is 7.65. The SMILES string of the molecule is CCCNCc1ccc(CN(C)Cc2ccoc2C)o1. The lowest BCUT2D eigenvalue weighted by Gasteiger charge is -2.14. The molecule has 0 atom stereocenters. The van der Waals surface area contributed by atoms with E-state index in [1.807, 2.05) is 13.0 Å². The van der Waals surface area contributed by atoms with Crippen LogP contribution in [0.25, 0.3) is 0 Å². The molecular formula is C16H24N2O2. The molecule has 0 saturated carbocycles. The molecule has 0 aromatic carbocycles. The monoisotopic (exact) mass is 276 g/mol. The summed E-state index contributed by atoms with van der Waals surface area (Å²) in [5, 5.41) is 3.34. The average Bonchev–Trinajstić information content (AvgIpc) is 3.00. The summed E-state index contributed by atoms with van der Waals surface area (Å²) in [7, 11) is 2.09. The van der Waals surface area contributed by atoms with Crippen LogP contribution in [0.1, 0.15) is 36.2 Å². The first kappa shape index (κ1) is 14.9. The third-order valence-corrected chi connectivity index (χ3v) is 3.28. The third kappa shape index (κ3) is 4.25. The quantitative estimate of drug-likeness (QED) is 0.751. The zero-order valence-corrected chi connectivity index (χ0v) is 12.6. The Labute approximate surface area is 120 Å². The van der Waals surface area contributed by atoms with Crippen LogP contribution in [-0.4, -0.2) is 18.5 Å². The maximum atomic E-state index is 5.82. The zero-order chi connectivity index (χ0) is 14.4. The Morgan fingerprint density at radius 1 is 1.15 bits per heavy atom. The van der Waals surface area contributed by atoms with Gasteiger partial charge < -0.3 is 14.2 Å². The van der Waals surface area contributed by atoms with Crippen molar-refractivity contribution in [1.82, 2.24) is 10.2 Å². The van der Waals surface area contributed by atoms with Crippen molar-refractivity contribution in [3.8, 4) is 0 Å². The van der Waals surface area contributed by atoms with Crippen molar-refractivity contribution < 1.29 is 8.83 Å². The summed E-state index contributed by atoms with van der Waals surface area (Å²) < 4.78 is 11.1. The molecule has 4 heteroatoms. The Bertz CT molecular complexity index is 516. The van der Waals surface area contributed by atoms with Crippen LogP contribution in [-0.2, 0) is 19.6 Å². The van der Waals surface area contributed by atoms with E-state index in [4.69, 9.17) is 8.83 Å². The first-order valence-corrected chi connectivity index (χ1v) is 7.19. The minimum Gasteiger partial charge on any atom is -0.469 e. The summed E-state index contributed by atoms with van der Waals surface area (Å²) in [5.41, 5.74) is 1.23. The lowest BCUT2D eigenvalue weighted by atomic mass is 10.2. The van der Waals surface area contributed by atoms with Gasteiger partial charge in [-0.3, -0.25) is 4.90 Å². The number of hydrogen-bond donors (Lipinski definition) is 1. The van der Waals surface area contributed by atoms with E-state index in [9.17, 15) is 0 Å². The molecule has 0 aliphatic rings. The van der Waals surface area contributed by atoms with Gasteiger partial charge in [-0.1, -0.05) is 6.92 Å². The molecule has 2 heterocycles. The number of rotatable bonds is 8. The minimum atomic E-state index is 0.804. The minimum absolute atomic E-state index is 0.804. The highest BCUT2D eigenvalue weighted by Crippen LogP contribution is 2.14. The zero-order valence-electron chi connectivity index (χ0n) is 12.6. The van der Waals surface area contributed by atoms with Gasteiger partial charge in [0, 0.05) is 12.1 Å². The van der Waals surface area contributed by atoms with Gasteiger partial charge in [0.25, 0.3) is 0 Å². The van der Waals surface area contributed by atoms with E-state index in [1.54, 1.807) is 6.26 Å². The van der Waals surface area contributed by atoms with Gasteiger partial charge in [-0.05, 0) is 45.1 Å². The summed E-state index contributed by atoms with van der Waals surface area (Å²) in [4.78, 5) is 2.22. The highest BCUT2D eigenvalue weighted by atomic mass is 16.3. The molecule has 0 unspecified atom stereocenters. The number of nitrogens with zero attached hydrogens (tertiary/aromatic N) is 1. The molecular weight excluding hydrogens is 252 g/mol. The van der Waals surface area contributed by atoms with Gasteiger partial charge in [0.1, 0.15) is 17.3 Å². The molecule has 0 fully saturated rings. The fourth-order valence-electron chi connectivity index (χ4n) is 2.18. The van der Waals surface area contributed by atoms with Crippen molar-refractivity contribution in [3.05, 3.63) is 47.3 Å². The smallest absolute Gasteiger partial charge is 0.118 e. The predicted molar refractivity (Wildman–Crippen MR) is 79.3 cm³/mol. The molecule has 110 valence electrons. The van der Waals surface area contributed by atoms with Crippen LogP contribution in [0.5, 0.6) is 0 Å². The Morgan fingerprint density at radius 2 is 1.95 bits per heavy atom. The first-order chi connectivity index (χ1) is 9.69. The molecule has 0 saturated heterocycles. The molecule has 4 nitrogen and oxygen atoms in total. The van der Waals surface area contributed by atoms with Crippen LogP contribution in [0.4, 0.5) is 0 Å². The van der Waals surface area contributed by atoms with Gasteiger partial charge in [0.2, 0.25) is 0 Å². The second-order valence-corrected chi connectivity index (χ2v) is 5.22. The maximum absolute atomic E-state index is 5.82. The second kappa shape index (κ2) is 7.31. The largest absolute Gasteiger partial charge is 0.469 e. The van der Waals surface area contributed by atoms with E-state index in [0.29, 0.717) is 0 Å². The molecule has 2 rings (SSSR count). The summed E-state index contributed by atoms with van der Waals surface area (Å²) in [5.74, 6) is 2.99. The van der Waals surface area contributed by atoms with Gasteiger partial charge in [-0.25, -0.2) is 0 Å². The molecule has 1 N–H and O–H groups in total. The van der Waals surface area contributed by atoms with Crippen molar-refractivity contribution in [1.29, 1.82) is 0 Å². The Hall–Kier alpha value is -1.52. The van der Waals surface area contributed by atoms with Crippen molar-refractivity contribution in [2.24, 2.45) is 0 Å². The highest BCUT2D eigenvalue weighted by Gasteiger charge is 2.08. The Morgan fingerprint density at radius 3 is 2.65 bits per heavy atom. The van der Waals surface area contributed by atoms with E-state index in [0.717, 1.165) is 49.9 Å². The molecule has 0 spiro atoms. The van der Waals surface area contributed by atoms with Crippen LogP contribution < -0.4 is 5.32 Å². The van der Waals surface area contributed by atoms with Crippen LogP contribution in [0, 0.1) is 6.92 Å². The van der Waals surface area contributed by atoms with Crippen LogP contribution in [0.3, 0.4) is 0 Å². The van der Waals surface area contributed by atoms with Gasteiger partial charge >= 0.3 is 0 Å². The van der Waals surface area contributed by atoms with Crippen molar-refractivity contribution >= 4 is 0 Å². The van der Waals surface area contributed by atoms with Gasteiger partial charge in [0.05, 0.1) is 19.4 Å². The lowest BCUT2D eigenvalue weighted by molar-refractivity contribution is 0.281. The van der Waals surface area contributed by atoms with E-state index in [1.165, 1.54) is 5.56 Å². The van der Waals surface area contributed by atoms with Crippen LogP contribution >= 0.6 is 0 Å². The highest BCUT2D eigenvalue weighted by molar-refractivity contribution is 5.15. The molecule has 2 aromatic heterocycles. The Balaban J connectivity index is 1.82. The average molecular weight is 276 g/mol. The number of furan rings is 2. The van der Waals surface area contributed by atoms with E-state index in [2.05, 4.69) is 36.3 Å². The maximum Gasteiger partial charge on any atom is 0.118 e. The molecule has 20 heavy (non-hydrogen) atoms. The lowest BCUT2D eigenvalue weighted by Crippen LogP contribution is -2.17. The summed E-state index contributed by atoms with van der Waals surface area (Å²) >= 11 is 0. The van der Waals surface area contributed by atoms with Crippen molar-refractivity contribution in [2.45, 2.75) is 39.9 Å². The van der Waals surface area contributed by atoms with Gasteiger partial charge in [-0.2, -0.15) is 0 Å². The van der Waals surface area contributed by atoms with E-state index in [-0.39, 0.29) is 0 Å². The predicted octanol–water partition coefficient (Wildman–Crippen LogP) is 3.31. The normalized spacial score (nSPS) is 11.4. The van der Waals surface area contributed by atoms with E-state index >= 15 is 0 Å². The topological polar surface area (TPSA) is 41.5 Å². The fourth-order valence-corrected chi connectivity index (χ4v) is 2.18. The van der Waals surface area contributed by atoms with Crippen molar-refractivity contribution in [2.75, 3.05) is 13.6 Å². The van der Waals surface area contributed by atoms with E-state index < -0.39 is 0 Å². The van der Waals surface area contributed by atoms with Gasteiger partial charge in [0.15, 0.2) is 0 Å². The summed E-state index contributed by atoms with van der Waals surface area (Å²) in [6, 6.07) is 6.13. The summed E-state index contributed by atoms with van der Waals surface area (Å²) in [6.07, 6.45) is 2.88. The number of nitrogens with one attached hydrogen (secondary N) is 1. The van der Waals surface area contributed by atoms with Crippen molar-refractivity contribution in [3.63, 3.8) is 0 Å². The van der Waals surface area contributed by atoms with Crippen LogP contribution in [0.2, 0.25) is 0 Å². The van der Waals surface area contributed by atoms with Gasteiger partial charge in [-0.15, -0.1) is 0 Å². The number of aryl methyl sites for hydroxylation is 1. The van der Waals surface area contributed by atoms with Crippen LogP contribution in [0.15, 0.2) is 33.3 Å². The molecule has 0 bridgehead atoms. The fraction of sp³-hybridized carbons (Fsp3) is 0.500. The Kier molecular flexibility index (Phi) is 5.44.